The zero-order chi connectivity index (χ0) is 11.1. The highest BCUT2D eigenvalue weighted by atomic mass is 79.9. The third-order valence-electron chi connectivity index (χ3n) is 1.67. The molecular weight excluding hydrogens is 258 g/mol. The van der Waals surface area contributed by atoms with Gasteiger partial charge >= 0.3 is 0 Å². The van der Waals surface area contributed by atoms with Gasteiger partial charge in [0.25, 0.3) is 0 Å². The molecule has 0 bridgehead atoms. The number of hydrogen-bond acceptors (Lipinski definition) is 3. The number of hydrogen-bond donors (Lipinski definition) is 1. The predicted molar refractivity (Wildman–Crippen MR) is 61.2 cm³/mol. The molecule has 5 nitrogen and oxygen atoms in total. The number of benzene rings is 1. The van der Waals surface area contributed by atoms with Crippen molar-refractivity contribution >= 4 is 21.6 Å². The fraction of sp³-hybridized carbons (Fsp3) is 0.222. The molecule has 0 saturated carbocycles. The Hall–Kier alpha value is -1.70. The lowest BCUT2D eigenvalue weighted by Gasteiger charge is -2.09. The van der Waals surface area contributed by atoms with Crippen molar-refractivity contribution in [1.29, 1.82) is 5.26 Å². The standard InChI is InChI=1S/C9H8BrN5/c10-7-1-3-8(4-2-7)14-9(5-11)6-13-15-12/h1-4,9,14H,6H2. The van der Waals surface area contributed by atoms with Crippen molar-refractivity contribution < 1.29 is 0 Å². The lowest BCUT2D eigenvalue weighted by Crippen LogP contribution is -2.20. The molecule has 1 rings (SSSR count). The van der Waals surface area contributed by atoms with Crippen LogP contribution in [0.3, 0.4) is 0 Å². The van der Waals surface area contributed by atoms with Crippen molar-refractivity contribution in [3.05, 3.63) is 39.2 Å². The summed E-state index contributed by atoms with van der Waals surface area (Å²) in [7, 11) is 0. The van der Waals surface area contributed by atoms with Gasteiger partial charge in [0.15, 0.2) is 0 Å². The molecule has 1 atom stereocenters. The Balaban J connectivity index is 2.63. The summed E-state index contributed by atoms with van der Waals surface area (Å²) in [6.45, 7) is 0.114. The summed E-state index contributed by atoms with van der Waals surface area (Å²) < 4.78 is 0.969. The Kier molecular flexibility index (Phi) is 4.48. The van der Waals surface area contributed by atoms with Crippen LogP contribution in [0, 0.1) is 11.3 Å². The number of azide groups is 1. The van der Waals surface area contributed by atoms with E-state index in [9.17, 15) is 0 Å². The highest BCUT2D eigenvalue weighted by Crippen LogP contribution is 2.14. The maximum Gasteiger partial charge on any atom is 0.120 e. The average molecular weight is 266 g/mol. The molecule has 76 valence electrons. The van der Waals surface area contributed by atoms with Gasteiger partial charge in [-0.2, -0.15) is 5.26 Å². The molecule has 0 aliphatic rings. The van der Waals surface area contributed by atoms with Crippen LogP contribution < -0.4 is 5.32 Å². The smallest absolute Gasteiger partial charge is 0.120 e. The summed E-state index contributed by atoms with van der Waals surface area (Å²) in [5.74, 6) is 0. The van der Waals surface area contributed by atoms with Crippen molar-refractivity contribution in [2.24, 2.45) is 5.11 Å². The van der Waals surface area contributed by atoms with E-state index in [0.29, 0.717) is 0 Å². The first-order valence-corrected chi connectivity index (χ1v) is 4.98. The van der Waals surface area contributed by atoms with Gasteiger partial charge in [-0.05, 0) is 29.8 Å². The number of anilines is 1. The van der Waals surface area contributed by atoms with Gasteiger partial charge in [0.05, 0.1) is 12.6 Å². The SMILES string of the molecule is N#CC(CN=[N+]=[N-])Nc1ccc(Br)cc1. The fourth-order valence-electron chi connectivity index (χ4n) is 0.984. The zero-order valence-corrected chi connectivity index (χ0v) is 9.35. The quantitative estimate of drug-likeness (QED) is 0.516. The van der Waals surface area contributed by atoms with Crippen LogP contribution in [0.5, 0.6) is 0 Å². The molecule has 0 fully saturated rings. The Morgan fingerprint density at radius 2 is 2.20 bits per heavy atom. The summed E-state index contributed by atoms with van der Waals surface area (Å²) in [4.78, 5) is 2.61. The average Bonchev–Trinajstić information content (AvgIpc) is 2.27. The number of nitriles is 1. The minimum atomic E-state index is -0.498. The second-order valence-electron chi connectivity index (χ2n) is 2.75. The minimum Gasteiger partial charge on any atom is -0.370 e. The largest absolute Gasteiger partial charge is 0.370 e. The van der Waals surface area contributed by atoms with Crippen LogP contribution in [0.4, 0.5) is 5.69 Å². The molecule has 0 aliphatic carbocycles. The van der Waals surface area contributed by atoms with E-state index in [4.69, 9.17) is 10.8 Å². The Labute approximate surface area is 95.5 Å². The summed E-state index contributed by atoms with van der Waals surface area (Å²) in [6.07, 6.45) is 0. The highest BCUT2D eigenvalue weighted by molar-refractivity contribution is 9.10. The first kappa shape index (κ1) is 11.4. The molecule has 1 aromatic rings. The van der Waals surface area contributed by atoms with E-state index in [2.05, 4.69) is 31.3 Å². The molecule has 1 aromatic carbocycles. The van der Waals surface area contributed by atoms with Crippen LogP contribution in [-0.2, 0) is 0 Å². The summed E-state index contributed by atoms with van der Waals surface area (Å²) in [5, 5.41) is 15.1. The number of halogens is 1. The maximum atomic E-state index is 8.76. The monoisotopic (exact) mass is 265 g/mol. The molecule has 6 heteroatoms. The second kappa shape index (κ2) is 5.91. The van der Waals surface area contributed by atoms with Crippen LogP contribution in [-0.4, -0.2) is 12.6 Å². The van der Waals surface area contributed by atoms with Gasteiger partial charge in [0.1, 0.15) is 6.04 Å². The van der Waals surface area contributed by atoms with E-state index in [1.165, 1.54) is 0 Å². The van der Waals surface area contributed by atoms with E-state index in [1.807, 2.05) is 30.3 Å². The van der Waals surface area contributed by atoms with Gasteiger partial charge in [0.2, 0.25) is 0 Å². The molecule has 0 radical (unpaired) electrons. The van der Waals surface area contributed by atoms with E-state index in [0.717, 1.165) is 10.2 Å². The summed E-state index contributed by atoms with van der Waals surface area (Å²) >= 11 is 3.31. The van der Waals surface area contributed by atoms with Crippen molar-refractivity contribution in [3.8, 4) is 6.07 Å². The van der Waals surface area contributed by atoms with Crippen LogP contribution in [0.15, 0.2) is 33.9 Å². The molecule has 15 heavy (non-hydrogen) atoms. The van der Waals surface area contributed by atoms with Gasteiger partial charge in [-0.15, -0.1) is 0 Å². The molecule has 0 aromatic heterocycles. The molecule has 0 saturated heterocycles. The summed E-state index contributed by atoms with van der Waals surface area (Å²) in [5.41, 5.74) is 8.95. The second-order valence-corrected chi connectivity index (χ2v) is 3.66. The fourth-order valence-corrected chi connectivity index (χ4v) is 1.25. The van der Waals surface area contributed by atoms with Gasteiger partial charge in [-0.1, -0.05) is 21.0 Å². The molecule has 0 amide bonds. The van der Waals surface area contributed by atoms with Crippen LogP contribution >= 0.6 is 15.9 Å². The highest BCUT2D eigenvalue weighted by Gasteiger charge is 2.04. The van der Waals surface area contributed by atoms with Gasteiger partial charge < -0.3 is 5.32 Å². The van der Waals surface area contributed by atoms with Crippen molar-refractivity contribution in [2.75, 3.05) is 11.9 Å². The predicted octanol–water partition coefficient (Wildman–Crippen LogP) is 3.06. The maximum absolute atomic E-state index is 8.76. The Bertz CT molecular complexity index is 402. The van der Waals surface area contributed by atoms with E-state index < -0.39 is 6.04 Å². The normalized spacial score (nSPS) is 10.9. The molecule has 1 N–H and O–H groups in total. The number of nitrogens with one attached hydrogen (secondary N) is 1. The Morgan fingerprint density at radius 3 is 2.73 bits per heavy atom. The molecule has 0 aliphatic heterocycles. The molecule has 0 heterocycles. The Morgan fingerprint density at radius 1 is 1.53 bits per heavy atom. The van der Waals surface area contributed by atoms with Crippen LogP contribution in [0.1, 0.15) is 0 Å². The van der Waals surface area contributed by atoms with E-state index >= 15 is 0 Å². The van der Waals surface area contributed by atoms with Crippen molar-refractivity contribution in [2.45, 2.75) is 6.04 Å². The minimum absolute atomic E-state index is 0.114. The lowest BCUT2D eigenvalue weighted by molar-refractivity contribution is 0.880. The first-order valence-electron chi connectivity index (χ1n) is 4.19. The molecular formula is C9H8BrN5. The van der Waals surface area contributed by atoms with Crippen molar-refractivity contribution in [1.82, 2.24) is 0 Å². The summed E-state index contributed by atoms with van der Waals surface area (Å²) in [6, 6.07) is 8.92. The third-order valence-corrected chi connectivity index (χ3v) is 2.20. The van der Waals surface area contributed by atoms with E-state index in [-0.39, 0.29) is 6.54 Å². The van der Waals surface area contributed by atoms with Gasteiger partial charge in [-0.25, -0.2) is 0 Å². The van der Waals surface area contributed by atoms with Gasteiger partial charge in [-0.3, -0.25) is 0 Å². The van der Waals surface area contributed by atoms with Gasteiger partial charge in [0, 0.05) is 15.1 Å². The molecule has 1 unspecified atom stereocenters. The van der Waals surface area contributed by atoms with Crippen LogP contribution in [0.25, 0.3) is 10.4 Å². The van der Waals surface area contributed by atoms with Crippen molar-refractivity contribution in [3.63, 3.8) is 0 Å². The lowest BCUT2D eigenvalue weighted by atomic mass is 10.2. The zero-order valence-electron chi connectivity index (χ0n) is 7.76. The number of rotatable bonds is 4. The van der Waals surface area contributed by atoms with Crippen LogP contribution in [0.2, 0.25) is 0 Å². The van der Waals surface area contributed by atoms with E-state index in [1.54, 1.807) is 0 Å². The topological polar surface area (TPSA) is 84.6 Å². The first-order chi connectivity index (χ1) is 7.26. The number of nitrogens with zero attached hydrogens (tertiary/aromatic N) is 4. The third kappa shape index (κ3) is 3.90. The molecule has 0 spiro atoms.